The van der Waals surface area contributed by atoms with Crippen molar-refractivity contribution in [1.29, 1.82) is 0 Å². The molecule has 200 valence electrons. The van der Waals surface area contributed by atoms with E-state index in [-0.39, 0.29) is 18.0 Å². The number of nitrogens with zero attached hydrogens (tertiary/aromatic N) is 5. The largest absolute Gasteiger partial charge is 0.495 e. The highest BCUT2D eigenvalue weighted by Crippen LogP contribution is 2.32. The maximum Gasteiger partial charge on any atom is 0.263 e. The van der Waals surface area contributed by atoms with Crippen molar-refractivity contribution in [2.24, 2.45) is 0 Å². The third-order valence-corrected chi connectivity index (χ3v) is 8.36. The van der Waals surface area contributed by atoms with Crippen LogP contribution in [0.4, 0.5) is 11.5 Å². The van der Waals surface area contributed by atoms with E-state index in [0.29, 0.717) is 37.0 Å². The van der Waals surface area contributed by atoms with Gasteiger partial charge in [-0.1, -0.05) is 11.6 Å². The van der Waals surface area contributed by atoms with E-state index in [2.05, 4.69) is 19.6 Å². The first-order valence-corrected chi connectivity index (χ1v) is 13.9. The molecule has 10 nitrogen and oxygen atoms in total. The number of anilines is 2. The number of benzene rings is 2. The van der Waals surface area contributed by atoms with Gasteiger partial charge in [-0.3, -0.25) is 9.52 Å². The Balaban J connectivity index is 0.00000353. The van der Waals surface area contributed by atoms with Gasteiger partial charge in [-0.05, 0) is 49.4 Å². The normalized spacial score (nSPS) is 14.9. The van der Waals surface area contributed by atoms with Crippen molar-refractivity contribution >= 4 is 49.9 Å². The smallest absolute Gasteiger partial charge is 0.263 e. The number of rotatable bonds is 7. The molecule has 1 unspecified atom stereocenters. The lowest BCUT2D eigenvalue weighted by Gasteiger charge is -2.37. The zero-order chi connectivity index (χ0) is 26.9. The van der Waals surface area contributed by atoms with Gasteiger partial charge in [0.25, 0.3) is 10.0 Å². The highest BCUT2D eigenvalue weighted by Gasteiger charge is 2.27. The molecule has 0 saturated carbocycles. The van der Waals surface area contributed by atoms with Gasteiger partial charge in [0.1, 0.15) is 23.9 Å². The van der Waals surface area contributed by atoms with E-state index in [1.807, 2.05) is 40.8 Å². The molecule has 1 N–H and O–H groups in total. The molecule has 5 rings (SSSR count). The van der Waals surface area contributed by atoms with E-state index in [1.165, 1.54) is 18.6 Å². The predicted molar refractivity (Wildman–Crippen MR) is 148 cm³/mol. The van der Waals surface area contributed by atoms with Crippen LogP contribution in [0, 0.1) is 0 Å². The van der Waals surface area contributed by atoms with E-state index >= 15 is 0 Å². The van der Waals surface area contributed by atoms with Gasteiger partial charge in [0.15, 0.2) is 0 Å². The van der Waals surface area contributed by atoms with Crippen molar-refractivity contribution in [3.8, 4) is 5.75 Å². The maximum absolute atomic E-state index is 13.4. The molecule has 2 aromatic heterocycles. The third-order valence-electron chi connectivity index (χ3n) is 6.69. The summed E-state index contributed by atoms with van der Waals surface area (Å²) < 4.78 is 35.1. The number of carbonyl (C=O) groups is 1. The summed E-state index contributed by atoms with van der Waals surface area (Å²) in [6.07, 6.45) is 4.64. The van der Waals surface area contributed by atoms with E-state index in [1.54, 1.807) is 31.4 Å². The molecule has 1 fully saturated rings. The number of nitrogens with one attached hydrogen (secondary N) is 1. The number of halogens is 1. The van der Waals surface area contributed by atoms with Gasteiger partial charge in [0, 0.05) is 57.1 Å². The lowest BCUT2D eigenvalue weighted by atomic mass is 10.2. The van der Waals surface area contributed by atoms with Gasteiger partial charge < -0.3 is 19.1 Å². The van der Waals surface area contributed by atoms with Crippen LogP contribution in [0.25, 0.3) is 10.9 Å². The molecule has 0 aliphatic carbocycles. The molecule has 0 radical (unpaired) electrons. The molecular formula is C26H29ClN6O4S. The van der Waals surface area contributed by atoms with Gasteiger partial charge in [-0.25, -0.2) is 18.4 Å². The molecule has 1 aliphatic rings. The van der Waals surface area contributed by atoms with Crippen molar-refractivity contribution < 1.29 is 19.4 Å². The van der Waals surface area contributed by atoms with Crippen LogP contribution in [-0.4, -0.2) is 67.0 Å². The second-order valence-electron chi connectivity index (χ2n) is 8.95. The van der Waals surface area contributed by atoms with Crippen molar-refractivity contribution in [3.63, 3.8) is 0 Å². The standard InChI is InChI=1S/C26H27ClN6O4S.H2/c1-18(33-10-8-19-15-22(27)24(37-2)16-23(19)33)26(34)32-13-11-31(12-14-32)20-3-5-21(6-4-20)38(35,36)30-25-7-9-28-17-29-25;/h3-10,15-18H,11-14H2,1-2H3,(H,28,29,30);1H. The number of fused-ring (bicyclic) bond motifs is 1. The van der Waals surface area contributed by atoms with E-state index < -0.39 is 16.1 Å². The molecule has 12 heteroatoms. The molecule has 1 aliphatic heterocycles. The Labute approximate surface area is 227 Å². The lowest BCUT2D eigenvalue weighted by Crippen LogP contribution is -2.50. The fourth-order valence-corrected chi connectivity index (χ4v) is 5.86. The summed E-state index contributed by atoms with van der Waals surface area (Å²) in [5, 5.41) is 1.47. The Bertz CT molecular complexity index is 1560. The topological polar surface area (TPSA) is 110 Å². The monoisotopic (exact) mass is 556 g/mol. The molecule has 3 heterocycles. The predicted octanol–water partition coefficient (Wildman–Crippen LogP) is 4.05. The minimum Gasteiger partial charge on any atom is -0.495 e. The fraction of sp³-hybridized carbons (Fsp3) is 0.269. The molecule has 1 atom stereocenters. The summed E-state index contributed by atoms with van der Waals surface area (Å²) in [6, 6.07) is 13.4. The van der Waals surface area contributed by atoms with E-state index in [9.17, 15) is 13.2 Å². The third kappa shape index (κ3) is 5.11. The van der Waals surface area contributed by atoms with Crippen LogP contribution >= 0.6 is 11.6 Å². The zero-order valence-corrected chi connectivity index (χ0v) is 22.5. The molecule has 0 bridgehead atoms. The Kier molecular flexibility index (Phi) is 7.13. The Hall–Kier alpha value is -3.83. The zero-order valence-electron chi connectivity index (χ0n) is 20.9. The number of sulfonamides is 1. The van der Waals surface area contributed by atoms with Crippen molar-refractivity contribution in [2.45, 2.75) is 17.9 Å². The minimum absolute atomic E-state index is 0. The number of amides is 1. The second kappa shape index (κ2) is 10.5. The lowest BCUT2D eigenvalue weighted by molar-refractivity contribution is -0.134. The van der Waals surface area contributed by atoms with Gasteiger partial charge in [-0.2, -0.15) is 0 Å². The average Bonchev–Trinajstić information content (AvgIpc) is 3.34. The number of aromatic nitrogens is 3. The first-order chi connectivity index (χ1) is 18.3. The SMILES string of the molecule is COc1cc2c(ccn2C(C)C(=O)N2CCN(c3ccc(S(=O)(=O)Nc4ccncn4)cc3)CC2)cc1Cl.[HH]. The number of methoxy groups -OCH3 is 1. The van der Waals surface area contributed by atoms with Crippen LogP contribution < -0.4 is 14.4 Å². The molecule has 4 aromatic rings. The first-order valence-electron chi connectivity index (χ1n) is 12.0. The minimum atomic E-state index is -3.76. The van der Waals surface area contributed by atoms with Gasteiger partial charge in [0.05, 0.1) is 22.5 Å². The Morgan fingerprint density at radius 2 is 1.84 bits per heavy atom. The summed E-state index contributed by atoms with van der Waals surface area (Å²) in [4.78, 5) is 25.2. The highest BCUT2D eigenvalue weighted by molar-refractivity contribution is 7.92. The molecule has 1 saturated heterocycles. The number of carbonyl (C=O) groups excluding carboxylic acids is 1. The average molecular weight is 557 g/mol. The van der Waals surface area contributed by atoms with Gasteiger partial charge >= 0.3 is 0 Å². The first kappa shape index (κ1) is 25.8. The summed E-state index contributed by atoms with van der Waals surface area (Å²) in [7, 11) is -2.20. The van der Waals surface area contributed by atoms with E-state index in [4.69, 9.17) is 16.3 Å². The number of ether oxygens (including phenoxy) is 1. The van der Waals surface area contributed by atoms with Gasteiger partial charge in [0.2, 0.25) is 5.91 Å². The van der Waals surface area contributed by atoms with Crippen LogP contribution in [0.2, 0.25) is 5.02 Å². The second-order valence-corrected chi connectivity index (χ2v) is 11.0. The molecule has 0 spiro atoms. The quantitative estimate of drug-likeness (QED) is 0.366. The number of piperazine rings is 1. The van der Waals surface area contributed by atoms with Crippen LogP contribution in [0.1, 0.15) is 14.4 Å². The highest BCUT2D eigenvalue weighted by atomic mass is 35.5. The Morgan fingerprint density at radius 1 is 1.11 bits per heavy atom. The molecular weight excluding hydrogens is 528 g/mol. The maximum atomic E-state index is 13.4. The number of hydrogen-bond acceptors (Lipinski definition) is 7. The number of hydrogen-bond donors (Lipinski definition) is 1. The summed E-state index contributed by atoms with van der Waals surface area (Å²) in [5.74, 6) is 0.805. The van der Waals surface area contributed by atoms with Crippen molar-refractivity contribution in [1.82, 2.24) is 19.4 Å². The van der Waals surface area contributed by atoms with Crippen LogP contribution in [0.3, 0.4) is 0 Å². The molecule has 1 amide bonds. The van der Waals surface area contributed by atoms with Crippen molar-refractivity contribution in [2.75, 3.05) is 42.9 Å². The summed E-state index contributed by atoms with van der Waals surface area (Å²) in [6.45, 7) is 4.29. The fourth-order valence-electron chi connectivity index (χ4n) is 4.60. The van der Waals surface area contributed by atoms with Crippen LogP contribution in [-0.2, 0) is 14.8 Å². The van der Waals surface area contributed by atoms with Gasteiger partial charge in [-0.15, -0.1) is 0 Å². The van der Waals surface area contributed by atoms with Crippen LogP contribution in [0.5, 0.6) is 5.75 Å². The van der Waals surface area contributed by atoms with E-state index in [0.717, 1.165) is 16.6 Å². The van der Waals surface area contributed by atoms with Crippen LogP contribution in [0.15, 0.2) is 72.1 Å². The summed E-state index contributed by atoms with van der Waals surface area (Å²) >= 11 is 6.25. The van der Waals surface area contributed by atoms with Crippen molar-refractivity contribution in [3.05, 3.63) is 72.3 Å². The summed E-state index contributed by atoms with van der Waals surface area (Å²) in [5.41, 5.74) is 1.78. The molecule has 38 heavy (non-hydrogen) atoms. The molecule has 2 aromatic carbocycles. The Morgan fingerprint density at radius 3 is 2.50 bits per heavy atom.